The molecule has 2 rings (SSSR count). The first kappa shape index (κ1) is 20.1. The summed E-state index contributed by atoms with van der Waals surface area (Å²) >= 11 is 0. The third-order valence-corrected chi connectivity index (χ3v) is 5.89. The number of ether oxygens (including phenoxy) is 1. The number of unbranched alkanes of at least 4 members (excludes halogenated alkanes) is 3. The van der Waals surface area contributed by atoms with Gasteiger partial charge in [-0.25, -0.2) is 0 Å². The first-order chi connectivity index (χ1) is 11.5. The molecule has 0 aromatic carbocycles. The van der Waals surface area contributed by atoms with Crippen LogP contribution >= 0.6 is 0 Å². The summed E-state index contributed by atoms with van der Waals surface area (Å²) in [6.07, 6.45) is 7.32. The zero-order chi connectivity index (χ0) is 17.5. The SMILES string of the molecule is CC1C(O)C(O)C(O)CN1CCCCCCO[C@H]1CC[C@H](C)CC1. The molecular formula is C19H37NO4. The Morgan fingerprint density at radius 1 is 0.875 bits per heavy atom. The predicted octanol–water partition coefficient (Wildman–Crippen LogP) is 1.93. The largest absolute Gasteiger partial charge is 0.389 e. The van der Waals surface area contributed by atoms with Gasteiger partial charge in [0.1, 0.15) is 6.10 Å². The summed E-state index contributed by atoms with van der Waals surface area (Å²) in [4.78, 5) is 2.09. The van der Waals surface area contributed by atoms with Crippen molar-refractivity contribution in [3.05, 3.63) is 0 Å². The van der Waals surface area contributed by atoms with Gasteiger partial charge in [-0.15, -0.1) is 0 Å². The lowest BCUT2D eigenvalue weighted by Gasteiger charge is -2.42. The Bertz CT molecular complexity index is 346. The molecule has 1 heterocycles. The molecule has 0 aromatic heterocycles. The number of hydrogen-bond acceptors (Lipinski definition) is 5. The Hall–Kier alpha value is -0.200. The van der Waals surface area contributed by atoms with Crippen LogP contribution in [0.1, 0.15) is 65.2 Å². The minimum atomic E-state index is -1.02. The van der Waals surface area contributed by atoms with E-state index < -0.39 is 18.3 Å². The molecule has 5 heteroatoms. The smallest absolute Gasteiger partial charge is 0.108 e. The van der Waals surface area contributed by atoms with E-state index in [1.165, 1.54) is 32.1 Å². The third kappa shape index (κ3) is 5.95. The maximum Gasteiger partial charge on any atom is 0.108 e. The highest BCUT2D eigenvalue weighted by molar-refractivity contribution is 4.92. The zero-order valence-corrected chi connectivity index (χ0v) is 15.4. The van der Waals surface area contributed by atoms with E-state index in [1.807, 2.05) is 6.92 Å². The molecule has 2 fully saturated rings. The van der Waals surface area contributed by atoms with Crippen molar-refractivity contribution in [3.63, 3.8) is 0 Å². The van der Waals surface area contributed by atoms with Gasteiger partial charge in [-0.05, 0) is 57.9 Å². The van der Waals surface area contributed by atoms with Crippen LogP contribution in [0, 0.1) is 5.92 Å². The van der Waals surface area contributed by atoms with Gasteiger partial charge >= 0.3 is 0 Å². The van der Waals surface area contributed by atoms with Gasteiger partial charge in [-0.1, -0.05) is 19.8 Å². The minimum absolute atomic E-state index is 0.0968. The normalized spacial score (nSPS) is 38.4. The van der Waals surface area contributed by atoms with Crippen molar-refractivity contribution < 1.29 is 20.1 Å². The monoisotopic (exact) mass is 343 g/mol. The Kier molecular flexibility index (Phi) is 8.44. The molecule has 24 heavy (non-hydrogen) atoms. The molecule has 0 spiro atoms. The van der Waals surface area contributed by atoms with Gasteiger partial charge in [0.05, 0.1) is 18.3 Å². The van der Waals surface area contributed by atoms with Crippen molar-refractivity contribution >= 4 is 0 Å². The van der Waals surface area contributed by atoms with Gasteiger partial charge in [0.15, 0.2) is 0 Å². The summed E-state index contributed by atoms with van der Waals surface area (Å²) in [7, 11) is 0. The fourth-order valence-corrected chi connectivity index (χ4v) is 3.96. The summed E-state index contributed by atoms with van der Waals surface area (Å²) in [5, 5.41) is 29.4. The maximum absolute atomic E-state index is 9.93. The number of rotatable bonds is 8. The molecule has 4 atom stereocenters. The molecule has 0 radical (unpaired) electrons. The van der Waals surface area contributed by atoms with E-state index in [1.54, 1.807) is 0 Å². The van der Waals surface area contributed by atoms with Crippen molar-refractivity contribution in [2.45, 2.75) is 95.7 Å². The van der Waals surface area contributed by atoms with Crippen molar-refractivity contribution in [1.29, 1.82) is 0 Å². The lowest BCUT2D eigenvalue weighted by atomic mass is 9.89. The second kappa shape index (κ2) is 10.1. The topological polar surface area (TPSA) is 73.2 Å². The molecule has 5 nitrogen and oxygen atoms in total. The van der Waals surface area contributed by atoms with Gasteiger partial charge < -0.3 is 20.1 Å². The van der Waals surface area contributed by atoms with Crippen LogP contribution in [0.2, 0.25) is 0 Å². The van der Waals surface area contributed by atoms with E-state index >= 15 is 0 Å². The third-order valence-electron chi connectivity index (χ3n) is 5.89. The van der Waals surface area contributed by atoms with Crippen LogP contribution in [-0.2, 0) is 4.74 Å². The molecule has 3 N–H and O–H groups in total. The quantitative estimate of drug-likeness (QED) is 0.587. The van der Waals surface area contributed by atoms with Crippen LogP contribution in [0.4, 0.5) is 0 Å². The molecule has 4 unspecified atom stereocenters. The Morgan fingerprint density at radius 3 is 2.25 bits per heavy atom. The van der Waals surface area contributed by atoms with Crippen LogP contribution in [0.5, 0.6) is 0 Å². The fraction of sp³-hybridized carbons (Fsp3) is 1.00. The molecule has 142 valence electrons. The van der Waals surface area contributed by atoms with E-state index in [9.17, 15) is 15.3 Å². The molecule has 1 aliphatic carbocycles. The summed E-state index contributed by atoms with van der Waals surface area (Å²) in [6, 6.07) is -0.0968. The Labute approximate surface area is 147 Å². The van der Waals surface area contributed by atoms with Gasteiger partial charge in [0.25, 0.3) is 0 Å². The number of β-amino-alcohol motifs (C(OH)–C–C–N with tert-alkyl or cyclic N) is 1. The van der Waals surface area contributed by atoms with E-state index in [4.69, 9.17) is 4.74 Å². The number of likely N-dealkylation sites (tertiary alicyclic amines) is 1. The fourth-order valence-electron chi connectivity index (χ4n) is 3.96. The lowest BCUT2D eigenvalue weighted by Crippen LogP contribution is -2.60. The average Bonchev–Trinajstić information content (AvgIpc) is 2.58. The molecule has 0 bridgehead atoms. The number of aliphatic hydroxyl groups is 3. The summed E-state index contributed by atoms with van der Waals surface area (Å²) in [6.45, 7) is 6.44. The first-order valence-electron chi connectivity index (χ1n) is 9.89. The maximum atomic E-state index is 9.93. The van der Waals surface area contributed by atoms with Crippen molar-refractivity contribution in [2.75, 3.05) is 19.7 Å². The number of hydrogen-bond donors (Lipinski definition) is 3. The highest BCUT2D eigenvalue weighted by Crippen LogP contribution is 2.25. The predicted molar refractivity (Wildman–Crippen MR) is 94.9 cm³/mol. The second-order valence-electron chi connectivity index (χ2n) is 7.95. The Balaban J connectivity index is 1.49. The van der Waals surface area contributed by atoms with Crippen molar-refractivity contribution in [1.82, 2.24) is 4.90 Å². The molecule has 1 saturated heterocycles. The second-order valence-corrected chi connectivity index (χ2v) is 7.95. The van der Waals surface area contributed by atoms with Crippen LogP contribution in [-0.4, -0.2) is 70.4 Å². The van der Waals surface area contributed by atoms with Gasteiger partial charge in [0, 0.05) is 19.2 Å². The van der Waals surface area contributed by atoms with Crippen LogP contribution in [0.25, 0.3) is 0 Å². The highest BCUT2D eigenvalue weighted by atomic mass is 16.5. The van der Waals surface area contributed by atoms with Crippen molar-refractivity contribution in [2.24, 2.45) is 5.92 Å². The highest BCUT2D eigenvalue weighted by Gasteiger charge is 2.38. The van der Waals surface area contributed by atoms with Crippen LogP contribution in [0.3, 0.4) is 0 Å². The molecule has 2 aliphatic rings. The van der Waals surface area contributed by atoms with Gasteiger partial charge in [-0.3, -0.25) is 4.90 Å². The van der Waals surface area contributed by atoms with E-state index in [0.29, 0.717) is 12.6 Å². The molecule has 1 saturated carbocycles. The first-order valence-corrected chi connectivity index (χ1v) is 9.89. The summed E-state index contributed by atoms with van der Waals surface area (Å²) in [5.74, 6) is 0.875. The standard InChI is InChI=1S/C19H37NO4/c1-14-7-9-16(10-8-14)24-12-6-4-3-5-11-20-13-17(21)19(23)18(22)15(20)2/h14-19,21-23H,3-13H2,1-2H3/t14-,15?,16-,17?,18?,19?. The summed E-state index contributed by atoms with van der Waals surface area (Å²) in [5.41, 5.74) is 0. The molecule has 0 amide bonds. The molecule has 1 aliphatic heterocycles. The number of nitrogens with zero attached hydrogens (tertiary/aromatic N) is 1. The number of piperidine rings is 1. The average molecular weight is 344 g/mol. The number of aliphatic hydroxyl groups excluding tert-OH is 3. The van der Waals surface area contributed by atoms with Crippen molar-refractivity contribution in [3.8, 4) is 0 Å². The van der Waals surface area contributed by atoms with E-state index in [-0.39, 0.29) is 6.04 Å². The Morgan fingerprint density at radius 2 is 1.54 bits per heavy atom. The van der Waals surface area contributed by atoms with Crippen LogP contribution in [0.15, 0.2) is 0 Å². The minimum Gasteiger partial charge on any atom is -0.389 e. The zero-order valence-electron chi connectivity index (χ0n) is 15.4. The summed E-state index contributed by atoms with van der Waals surface area (Å²) < 4.78 is 5.98. The molecule has 0 aromatic rings. The lowest BCUT2D eigenvalue weighted by molar-refractivity contribution is -0.133. The molecular weight excluding hydrogens is 306 g/mol. The van der Waals surface area contributed by atoms with Gasteiger partial charge in [0.2, 0.25) is 0 Å². The van der Waals surface area contributed by atoms with E-state index in [0.717, 1.165) is 38.3 Å². The van der Waals surface area contributed by atoms with E-state index in [2.05, 4.69) is 11.8 Å². The van der Waals surface area contributed by atoms with Crippen LogP contribution < -0.4 is 0 Å². The van der Waals surface area contributed by atoms with Gasteiger partial charge in [-0.2, -0.15) is 0 Å².